The van der Waals surface area contributed by atoms with Gasteiger partial charge in [-0.3, -0.25) is 4.79 Å². The van der Waals surface area contributed by atoms with Gasteiger partial charge in [0.15, 0.2) is 0 Å². The molecule has 1 atom stereocenters. The van der Waals surface area contributed by atoms with E-state index in [0.717, 1.165) is 0 Å². The molecule has 0 aliphatic rings. The number of benzene rings is 1. The molecule has 0 unspecified atom stereocenters. The number of hydrogen-bond donors (Lipinski definition) is 2. The summed E-state index contributed by atoms with van der Waals surface area (Å²) in [6.45, 7) is 1.35. The van der Waals surface area contributed by atoms with Gasteiger partial charge >= 0.3 is 11.9 Å². The van der Waals surface area contributed by atoms with E-state index in [1.165, 1.54) is 13.0 Å². The van der Waals surface area contributed by atoms with Crippen LogP contribution in [0.5, 0.6) is 0 Å². The molecule has 2 N–H and O–H groups in total. The van der Waals surface area contributed by atoms with Crippen LogP contribution in [0.2, 0.25) is 0 Å². The fourth-order valence-electron chi connectivity index (χ4n) is 1.23. The molecule has 16 heavy (non-hydrogen) atoms. The van der Waals surface area contributed by atoms with Crippen molar-refractivity contribution in [2.45, 2.75) is 6.92 Å². The fraction of sp³-hybridized carbons (Fsp3) is 0.167. The van der Waals surface area contributed by atoms with Crippen molar-refractivity contribution < 1.29 is 19.8 Å². The van der Waals surface area contributed by atoms with E-state index >= 15 is 0 Å². The van der Waals surface area contributed by atoms with Crippen molar-refractivity contribution in [3.05, 3.63) is 41.5 Å². The van der Waals surface area contributed by atoms with Crippen LogP contribution in [-0.2, 0) is 9.59 Å². The summed E-state index contributed by atoms with van der Waals surface area (Å²) in [4.78, 5) is 21.6. The molecule has 0 heterocycles. The molecular formula is C12H12O4. The molecule has 4 nitrogen and oxygen atoms in total. The van der Waals surface area contributed by atoms with E-state index in [4.69, 9.17) is 10.2 Å². The summed E-state index contributed by atoms with van der Waals surface area (Å²) in [6.07, 6.45) is 1.38. The zero-order chi connectivity index (χ0) is 12.1. The summed E-state index contributed by atoms with van der Waals surface area (Å²) in [5.41, 5.74) is 0.548. The van der Waals surface area contributed by atoms with Crippen molar-refractivity contribution in [1.82, 2.24) is 0 Å². The predicted molar refractivity (Wildman–Crippen MR) is 58.9 cm³/mol. The normalized spacial score (nSPS) is 13.2. The van der Waals surface area contributed by atoms with Gasteiger partial charge in [0.1, 0.15) is 0 Å². The van der Waals surface area contributed by atoms with E-state index in [-0.39, 0.29) is 5.57 Å². The zero-order valence-corrected chi connectivity index (χ0v) is 8.75. The Morgan fingerprint density at radius 2 is 1.75 bits per heavy atom. The Labute approximate surface area is 92.8 Å². The first-order valence-corrected chi connectivity index (χ1v) is 4.75. The van der Waals surface area contributed by atoms with E-state index in [0.29, 0.717) is 5.56 Å². The minimum Gasteiger partial charge on any atom is -0.481 e. The molecule has 0 aliphatic carbocycles. The van der Waals surface area contributed by atoms with Gasteiger partial charge in [0, 0.05) is 0 Å². The highest BCUT2D eigenvalue weighted by Crippen LogP contribution is 2.15. The lowest BCUT2D eigenvalue weighted by Gasteiger charge is -2.07. The molecule has 0 saturated carbocycles. The number of carboxylic acid groups (broad SMARTS) is 2. The third kappa shape index (κ3) is 2.95. The monoisotopic (exact) mass is 220 g/mol. The zero-order valence-electron chi connectivity index (χ0n) is 8.75. The van der Waals surface area contributed by atoms with E-state index in [1.807, 2.05) is 0 Å². The van der Waals surface area contributed by atoms with Gasteiger partial charge in [0.2, 0.25) is 0 Å². The summed E-state index contributed by atoms with van der Waals surface area (Å²) >= 11 is 0. The molecule has 0 bridgehead atoms. The van der Waals surface area contributed by atoms with Gasteiger partial charge in [-0.15, -0.1) is 0 Å². The summed E-state index contributed by atoms with van der Waals surface area (Å²) in [5.74, 6) is -3.39. The molecule has 1 aromatic carbocycles. The number of carboxylic acids is 2. The average molecular weight is 220 g/mol. The van der Waals surface area contributed by atoms with E-state index in [1.54, 1.807) is 30.3 Å². The molecule has 0 fully saturated rings. The first-order chi connectivity index (χ1) is 7.52. The molecule has 0 saturated heterocycles. The molecule has 0 amide bonds. The Kier molecular flexibility index (Phi) is 3.83. The Bertz CT molecular complexity index is 420. The average Bonchev–Trinajstić information content (AvgIpc) is 2.26. The smallest absolute Gasteiger partial charge is 0.332 e. The van der Waals surface area contributed by atoms with Gasteiger partial charge in [0.25, 0.3) is 0 Å². The lowest BCUT2D eigenvalue weighted by molar-refractivity contribution is -0.143. The number of carbonyl (C=O) groups is 2. The van der Waals surface area contributed by atoms with Crippen LogP contribution in [0.25, 0.3) is 6.08 Å². The summed E-state index contributed by atoms with van der Waals surface area (Å²) in [7, 11) is 0. The Hall–Kier alpha value is -2.10. The highest BCUT2D eigenvalue weighted by atomic mass is 16.4. The third-order valence-corrected chi connectivity index (χ3v) is 2.21. The quantitative estimate of drug-likeness (QED) is 0.759. The van der Waals surface area contributed by atoms with E-state index in [9.17, 15) is 9.59 Å². The second kappa shape index (κ2) is 5.11. The van der Waals surface area contributed by atoms with Crippen molar-refractivity contribution in [2.75, 3.05) is 0 Å². The molecule has 4 heteroatoms. The first-order valence-electron chi connectivity index (χ1n) is 4.75. The Morgan fingerprint density at radius 3 is 2.19 bits per heavy atom. The Balaban J connectivity index is 3.08. The van der Waals surface area contributed by atoms with E-state index < -0.39 is 17.9 Å². The topological polar surface area (TPSA) is 74.6 Å². The largest absolute Gasteiger partial charge is 0.481 e. The van der Waals surface area contributed by atoms with Crippen LogP contribution in [0, 0.1) is 5.92 Å². The number of rotatable bonds is 4. The van der Waals surface area contributed by atoms with Crippen LogP contribution in [0.1, 0.15) is 12.5 Å². The molecular weight excluding hydrogens is 208 g/mol. The van der Waals surface area contributed by atoms with Crippen LogP contribution >= 0.6 is 0 Å². The molecule has 1 rings (SSSR count). The second-order valence-electron chi connectivity index (χ2n) is 3.38. The third-order valence-electron chi connectivity index (χ3n) is 2.21. The maximum Gasteiger partial charge on any atom is 0.332 e. The highest BCUT2D eigenvalue weighted by molar-refractivity contribution is 5.98. The van der Waals surface area contributed by atoms with Gasteiger partial charge < -0.3 is 10.2 Å². The van der Waals surface area contributed by atoms with Crippen molar-refractivity contribution in [1.29, 1.82) is 0 Å². The molecule has 0 spiro atoms. The van der Waals surface area contributed by atoms with Crippen molar-refractivity contribution >= 4 is 18.0 Å². The highest BCUT2D eigenvalue weighted by Gasteiger charge is 2.22. The SMILES string of the molecule is C[C@H](C(=O)O)/C(=C/c1ccccc1)C(=O)O. The van der Waals surface area contributed by atoms with Crippen LogP contribution in [0.3, 0.4) is 0 Å². The predicted octanol–water partition coefficient (Wildman–Crippen LogP) is 1.88. The minimum absolute atomic E-state index is 0.126. The summed E-state index contributed by atoms with van der Waals surface area (Å²) in [6, 6.07) is 8.76. The Morgan fingerprint density at radius 1 is 1.19 bits per heavy atom. The lowest BCUT2D eigenvalue weighted by atomic mass is 9.99. The number of hydrogen-bond acceptors (Lipinski definition) is 2. The summed E-state index contributed by atoms with van der Waals surface area (Å²) < 4.78 is 0. The van der Waals surface area contributed by atoms with Gasteiger partial charge in [0.05, 0.1) is 11.5 Å². The van der Waals surface area contributed by atoms with Crippen molar-refractivity contribution in [3.63, 3.8) is 0 Å². The van der Waals surface area contributed by atoms with Crippen molar-refractivity contribution in [2.24, 2.45) is 5.92 Å². The number of aliphatic carboxylic acids is 2. The molecule has 1 aromatic rings. The van der Waals surface area contributed by atoms with Gasteiger partial charge in [-0.1, -0.05) is 30.3 Å². The molecule has 84 valence electrons. The first kappa shape index (κ1) is 12.0. The standard InChI is InChI=1S/C12H12O4/c1-8(11(13)14)10(12(15)16)7-9-5-3-2-4-6-9/h2-8H,1H3,(H,13,14)(H,15,16)/b10-7-/t8-/m0/s1. The second-order valence-corrected chi connectivity index (χ2v) is 3.38. The molecule has 0 aromatic heterocycles. The van der Waals surface area contributed by atoms with Crippen LogP contribution in [0.4, 0.5) is 0 Å². The van der Waals surface area contributed by atoms with Gasteiger partial charge in [-0.25, -0.2) is 4.79 Å². The fourth-order valence-corrected chi connectivity index (χ4v) is 1.23. The van der Waals surface area contributed by atoms with Gasteiger partial charge in [-0.2, -0.15) is 0 Å². The van der Waals surface area contributed by atoms with Gasteiger partial charge in [-0.05, 0) is 18.6 Å². The summed E-state index contributed by atoms with van der Waals surface area (Å²) in [5, 5.41) is 17.7. The molecule has 0 radical (unpaired) electrons. The minimum atomic E-state index is -1.21. The lowest BCUT2D eigenvalue weighted by Crippen LogP contribution is -2.18. The molecule has 0 aliphatic heterocycles. The van der Waals surface area contributed by atoms with Crippen LogP contribution in [0.15, 0.2) is 35.9 Å². The van der Waals surface area contributed by atoms with Crippen LogP contribution in [-0.4, -0.2) is 22.2 Å². The van der Waals surface area contributed by atoms with E-state index in [2.05, 4.69) is 0 Å². The maximum atomic E-state index is 10.9. The maximum absolute atomic E-state index is 10.9. The van der Waals surface area contributed by atoms with Crippen molar-refractivity contribution in [3.8, 4) is 0 Å². The van der Waals surface area contributed by atoms with Crippen LogP contribution < -0.4 is 0 Å².